The van der Waals surface area contributed by atoms with Gasteiger partial charge in [-0.1, -0.05) is 0 Å². The molecule has 44 heavy (non-hydrogen) atoms. The first-order valence-electron chi connectivity index (χ1n) is 17.6. The molecule has 0 amide bonds. The van der Waals surface area contributed by atoms with Crippen LogP contribution in [0.4, 0.5) is 0 Å². The van der Waals surface area contributed by atoms with E-state index in [4.69, 9.17) is 10.5 Å². The van der Waals surface area contributed by atoms with Crippen molar-refractivity contribution in [2.45, 2.75) is 177 Å². The van der Waals surface area contributed by atoms with Gasteiger partial charge < -0.3 is 0 Å². The Bertz CT molecular complexity index is 1060. The van der Waals surface area contributed by atoms with E-state index < -0.39 is 77.3 Å². The molecule has 0 unspecified atom stereocenters. The number of rotatable bonds is 13. The van der Waals surface area contributed by atoms with Crippen molar-refractivity contribution in [1.82, 2.24) is 0 Å². The van der Waals surface area contributed by atoms with Gasteiger partial charge in [0.2, 0.25) is 0 Å². The quantitative estimate of drug-likeness (QED) is 0.179. The summed E-state index contributed by atoms with van der Waals surface area (Å²) in [7, 11) is -4.83. The van der Waals surface area contributed by atoms with Crippen LogP contribution in [0, 0.1) is 0 Å². The van der Waals surface area contributed by atoms with Crippen molar-refractivity contribution in [3.8, 4) is 0 Å². The molecule has 1 aromatic carbocycles. The summed E-state index contributed by atoms with van der Waals surface area (Å²) in [5, 5.41) is 2.28. The minimum absolute atomic E-state index is 0.755. The Morgan fingerprint density at radius 2 is 0.614 bits per heavy atom. The molecule has 0 fully saturated rings. The van der Waals surface area contributed by atoms with Crippen molar-refractivity contribution >= 4 is 92.1 Å². The third-order valence-corrected chi connectivity index (χ3v) is 67.9. The normalized spacial score (nSPS) is 15.3. The van der Waals surface area contributed by atoms with Gasteiger partial charge in [-0.25, -0.2) is 0 Å². The Morgan fingerprint density at radius 3 is 0.795 bits per heavy atom. The van der Waals surface area contributed by atoms with Gasteiger partial charge in [0.1, 0.15) is 0 Å². The Morgan fingerprint density at radius 1 is 0.386 bits per heavy atom. The summed E-state index contributed by atoms with van der Waals surface area (Å²) in [6.07, 6.45) is 0. The van der Waals surface area contributed by atoms with E-state index in [9.17, 15) is 0 Å². The molecule has 0 nitrogen and oxygen atoms in total. The zero-order valence-electron chi connectivity index (χ0n) is 34.4. The molecule has 0 bridgehead atoms. The molecule has 0 aromatic heterocycles. The molecular formula is C34H78GeSSi8. The molecule has 1 aromatic rings. The van der Waals surface area contributed by atoms with Crippen molar-refractivity contribution < 1.29 is 0 Å². The number of hydrogen-bond donors (Lipinski definition) is 0. The summed E-state index contributed by atoms with van der Waals surface area (Å²) in [6.45, 7) is 64.5. The average molecular weight is 816 g/mol. The van der Waals surface area contributed by atoms with Gasteiger partial charge in [0.25, 0.3) is 0 Å². The predicted molar refractivity (Wildman–Crippen MR) is 238 cm³/mol. The summed E-state index contributed by atoms with van der Waals surface area (Å²) in [4.78, 5) is 0. The van der Waals surface area contributed by atoms with Crippen LogP contribution in [-0.2, 0) is 0 Å². The molecule has 0 aliphatic carbocycles. The van der Waals surface area contributed by atoms with Crippen LogP contribution in [0.15, 0.2) is 12.1 Å². The van der Waals surface area contributed by atoms with E-state index in [1.165, 1.54) is 0 Å². The van der Waals surface area contributed by atoms with Crippen LogP contribution >= 0.6 is 10.5 Å². The zero-order chi connectivity index (χ0) is 35.6. The van der Waals surface area contributed by atoms with Gasteiger partial charge in [-0.3, -0.25) is 0 Å². The van der Waals surface area contributed by atoms with Gasteiger partial charge in [-0.2, -0.15) is 0 Å². The van der Waals surface area contributed by atoms with E-state index in [0.717, 1.165) is 19.5 Å². The molecule has 256 valence electrons. The summed E-state index contributed by atoms with van der Waals surface area (Å²) in [5.41, 5.74) is 5.47. The van der Waals surface area contributed by atoms with E-state index in [2.05, 4.69) is 169 Å². The van der Waals surface area contributed by atoms with E-state index in [-0.39, 0.29) is 0 Å². The predicted octanol–water partition coefficient (Wildman–Crippen LogP) is 12.7. The third kappa shape index (κ3) is 10.9. The van der Waals surface area contributed by atoms with Gasteiger partial charge in [0, 0.05) is 0 Å². The fourth-order valence-electron chi connectivity index (χ4n) is 10.6. The molecule has 0 atom stereocenters. The second-order valence-electron chi connectivity index (χ2n) is 23.1. The van der Waals surface area contributed by atoms with Gasteiger partial charge in [0.15, 0.2) is 0 Å². The fraction of sp³-hybridized carbons (Fsp3) is 0.824. The first-order valence-corrected chi connectivity index (χ1v) is 51.4. The molecule has 0 saturated heterocycles. The van der Waals surface area contributed by atoms with Crippen molar-refractivity contribution in [3.63, 3.8) is 0 Å². The van der Waals surface area contributed by atoms with Crippen LogP contribution < -0.4 is 4.40 Å². The van der Waals surface area contributed by atoms with Crippen LogP contribution in [0.2, 0.25) is 161 Å². The third-order valence-electron chi connectivity index (χ3n) is 9.61. The average Bonchev–Trinajstić information content (AvgIpc) is 2.57. The van der Waals surface area contributed by atoms with Crippen LogP contribution in [0.25, 0.3) is 0 Å². The van der Waals surface area contributed by atoms with Crippen LogP contribution in [0.3, 0.4) is 0 Å². The Kier molecular flexibility index (Phi) is 13.7. The maximum atomic E-state index is 7.30. The summed E-state index contributed by atoms with van der Waals surface area (Å²) in [5.74, 6) is 0. The summed E-state index contributed by atoms with van der Waals surface area (Å²) < 4.78 is 2.74. The molecule has 0 radical (unpaired) electrons. The maximum absolute atomic E-state index is 7.30. The molecular weight excluding hydrogens is 738 g/mol. The Hall–Kier alpha value is 1.72. The van der Waals surface area contributed by atoms with E-state index in [0.29, 0.717) is 0 Å². The topological polar surface area (TPSA) is 0 Å². The molecule has 0 aliphatic rings. The van der Waals surface area contributed by atoms with Crippen molar-refractivity contribution in [1.29, 1.82) is 0 Å². The molecule has 0 N–H and O–H groups in total. The SMILES string of the molecule is C[Si](C)(C)C(c1cc(C([Si](C)(C)C)[Si](C)(C)C)[c]([Ge](=[S])[CH]([Si](C)(C)C)[Si](C)(C)C)c(C([Si](C)(C)C)[Si](C)(C)C)c1)[Si](C)(C)C. The first kappa shape index (κ1) is 43.7. The Balaban J connectivity index is 4.91. The van der Waals surface area contributed by atoms with E-state index in [1.54, 1.807) is 5.56 Å². The second-order valence-corrected chi connectivity index (χ2v) is 76.4. The van der Waals surface area contributed by atoms with Crippen LogP contribution in [-0.4, -0.2) is 77.3 Å². The van der Waals surface area contributed by atoms with Crippen molar-refractivity contribution in [3.05, 3.63) is 28.8 Å². The fourth-order valence-corrected chi connectivity index (χ4v) is 88.3. The first-order chi connectivity index (χ1) is 18.9. The number of hydrogen-bond acceptors (Lipinski definition) is 1. The second kappa shape index (κ2) is 13.8. The van der Waals surface area contributed by atoms with Crippen molar-refractivity contribution in [2.75, 3.05) is 0 Å². The van der Waals surface area contributed by atoms with Crippen molar-refractivity contribution in [2.24, 2.45) is 0 Å². The molecule has 1 rings (SSSR count). The van der Waals surface area contributed by atoms with Gasteiger partial charge >= 0.3 is 298 Å². The van der Waals surface area contributed by atoms with E-state index in [1.807, 2.05) is 15.5 Å². The van der Waals surface area contributed by atoms with Crippen LogP contribution in [0.5, 0.6) is 0 Å². The van der Waals surface area contributed by atoms with Crippen LogP contribution in [0.1, 0.15) is 32.2 Å². The molecule has 0 spiro atoms. The minimum atomic E-state index is -2.11. The standard InChI is InChI=1S/C34H78GeSSi8/c1-37(2,3)31(38(4,5)6)27-25-28(32(39(7,8)9)40(10,11)12)30(35(36)34(43(19,20)21)44(22,23)24)29(26-27)33(41(13,14)15)42(16,17)18/h25-26,31-34H,1-24H3. The van der Waals surface area contributed by atoms with E-state index >= 15 is 0 Å². The molecule has 0 heterocycles. The number of benzene rings is 1. The molecule has 0 aliphatic heterocycles. The zero-order valence-corrected chi connectivity index (χ0v) is 45.3. The monoisotopic (exact) mass is 816 g/mol. The summed E-state index contributed by atoms with van der Waals surface area (Å²) in [6, 6.07) is 5.83. The molecule has 10 heteroatoms. The molecule has 0 saturated carbocycles. The van der Waals surface area contributed by atoms with Gasteiger partial charge in [-0.15, -0.1) is 0 Å². The summed E-state index contributed by atoms with van der Waals surface area (Å²) >= 11 is -2.11. The Labute approximate surface area is 295 Å². The van der Waals surface area contributed by atoms with Gasteiger partial charge in [-0.05, 0) is 0 Å². The van der Waals surface area contributed by atoms with Gasteiger partial charge in [0.05, 0.1) is 0 Å².